The molecule has 28 heavy (non-hydrogen) atoms. The Hall–Kier alpha value is -1.88. The molecule has 1 N–H and O–H groups in total. The Bertz CT molecular complexity index is 727. The topological polar surface area (TPSA) is 52.6 Å². The number of nitrogens with one attached hydrogen (secondary N) is 1. The molecule has 2 aliphatic heterocycles. The van der Waals surface area contributed by atoms with Gasteiger partial charge in [-0.05, 0) is 69.3 Å². The van der Waals surface area contributed by atoms with Gasteiger partial charge in [0.15, 0.2) is 0 Å². The van der Waals surface area contributed by atoms with Gasteiger partial charge >= 0.3 is 0 Å². The molecule has 1 aromatic rings. The largest absolute Gasteiger partial charge is 0.349 e. The van der Waals surface area contributed by atoms with Crippen molar-refractivity contribution in [2.24, 2.45) is 0 Å². The van der Waals surface area contributed by atoms with E-state index in [2.05, 4.69) is 17.1 Å². The van der Waals surface area contributed by atoms with Gasteiger partial charge in [-0.25, -0.2) is 0 Å². The maximum absolute atomic E-state index is 12.9. The first-order chi connectivity index (χ1) is 13.6. The second-order valence-electron chi connectivity index (χ2n) is 8.75. The molecule has 0 bridgehead atoms. The highest BCUT2D eigenvalue weighted by Crippen LogP contribution is 2.23. The average molecular weight is 384 g/mol. The van der Waals surface area contributed by atoms with Gasteiger partial charge in [0.25, 0.3) is 11.8 Å². The Labute approximate surface area is 168 Å². The highest BCUT2D eigenvalue weighted by molar-refractivity contribution is 6.00. The fraction of sp³-hybridized carbons (Fsp3) is 0.652. The molecule has 2 heterocycles. The third-order valence-electron chi connectivity index (χ3n) is 6.82. The maximum Gasteiger partial charge on any atom is 0.254 e. The van der Waals surface area contributed by atoms with Crippen LogP contribution in [0.5, 0.6) is 0 Å². The number of amides is 2. The fourth-order valence-electron chi connectivity index (χ4n) is 4.98. The van der Waals surface area contributed by atoms with Gasteiger partial charge in [0.05, 0.1) is 0 Å². The highest BCUT2D eigenvalue weighted by Gasteiger charge is 2.27. The first-order valence-electron chi connectivity index (χ1n) is 11.1. The molecule has 5 heteroatoms. The second-order valence-corrected chi connectivity index (χ2v) is 8.75. The van der Waals surface area contributed by atoms with E-state index in [0.29, 0.717) is 17.6 Å². The molecule has 2 amide bonds. The number of carbonyl (C=O) groups excluding carboxylic acids is 2. The molecule has 1 atom stereocenters. The van der Waals surface area contributed by atoms with Crippen LogP contribution in [0.1, 0.15) is 78.1 Å². The van der Waals surface area contributed by atoms with E-state index in [1.807, 2.05) is 23.1 Å². The van der Waals surface area contributed by atoms with Crippen LogP contribution in [0.2, 0.25) is 0 Å². The van der Waals surface area contributed by atoms with E-state index in [-0.39, 0.29) is 11.8 Å². The number of nitrogens with zero attached hydrogens (tertiary/aromatic N) is 2. The summed E-state index contributed by atoms with van der Waals surface area (Å²) in [5.41, 5.74) is 2.48. The lowest BCUT2D eigenvalue weighted by Crippen LogP contribution is -2.43. The number of fused-ring (bicyclic) bond motifs is 1. The molecule has 1 aliphatic carbocycles. The number of likely N-dealkylation sites (tertiary alicyclic amines) is 1. The van der Waals surface area contributed by atoms with Crippen LogP contribution >= 0.6 is 0 Å². The number of rotatable bonds is 5. The Morgan fingerprint density at radius 3 is 2.64 bits per heavy atom. The molecule has 0 unspecified atom stereocenters. The van der Waals surface area contributed by atoms with Crippen LogP contribution < -0.4 is 5.32 Å². The van der Waals surface area contributed by atoms with Crippen LogP contribution in [0.25, 0.3) is 0 Å². The number of benzene rings is 1. The standard InChI is InChI=1S/C23H33N3O2/c1-17-6-5-12-25(17)14-15-26-13-11-18-16-19(9-10-21(18)23(26)28)22(27)24-20-7-3-2-4-8-20/h9-10,16-17,20H,2-8,11-15H2,1H3,(H,24,27)/t17-/m1/s1. The first kappa shape index (κ1) is 19.4. The lowest BCUT2D eigenvalue weighted by molar-refractivity contribution is 0.0716. The molecule has 1 aromatic carbocycles. The van der Waals surface area contributed by atoms with Crippen LogP contribution in [0.4, 0.5) is 0 Å². The molecule has 4 rings (SSSR count). The number of carbonyl (C=O) groups is 2. The van der Waals surface area contributed by atoms with Gasteiger partial charge in [0.2, 0.25) is 0 Å². The van der Waals surface area contributed by atoms with Gasteiger partial charge in [-0.2, -0.15) is 0 Å². The minimum atomic E-state index is 0.00704. The molecule has 1 saturated carbocycles. The van der Waals surface area contributed by atoms with Gasteiger partial charge in [-0.15, -0.1) is 0 Å². The highest BCUT2D eigenvalue weighted by atomic mass is 16.2. The van der Waals surface area contributed by atoms with Crippen LogP contribution in [0.15, 0.2) is 18.2 Å². The SMILES string of the molecule is C[C@@H]1CCCN1CCN1CCc2cc(C(=O)NC3CCCCC3)ccc2C1=O. The average Bonchev–Trinajstić information content (AvgIpc) is 3.13. The van der Waals surface area contributed by atoms with Crippen molar-refractivity contribution in [3.8, 4) is 0 Å². The molecule has 0 radical (unpaired) electrons. The van der Waals surface area contributed by atoms with Crippen molar-refractivity contribution >= 4 is 11.8 Å². The van der Waals surface area contributed by atoms with E-state index in [1.54, 1.807) is 0 Å². The van der Waals surface area contributed by atoms with Gasteiger partial charge < -0.3 is 10.2 Å². The van der Waals surface area contributed by atoms with Crippen LogP contribution in [0.3, 0.4) is 0 Å². The van der Waals surface area contributed by atoms with Gasteiger partial charge in [-0.1, -0.05) is 19.3 Å². The Balaban J connectivity index is 1.37. The Morgan fingerprint density at radius 1 is 1.07 bits per heavy atom. The fourth-order valence-corrected chi connectivity index (χ4v) is 4.98. The summed E-state index contributed by atoms with van der Waals surface area (Å²) < 4.78 is 0. The first-order valence-corrected chi connectivity index (χ1v) is 11.1. The van der Waals surface area contributed by atoms with Crippen LogP contribution in [0, 0.1) is 0 Å². The van der Waals surface area contributed by atoms with Crippen LogP contribution in [-0.2, 0) is 6.42 Å². The predicted molar refractivity (Wildman–Crippen MR) is 111 cm³/mol. The monoisotopic (exact) mass is 383 g/mol. The van der Waals surface area contributed by atoms with Gasteiger partial charge in [0.1, 0.15) is 0 Å². The molecule has 0 aromatic heterocycles. The third-order valence-corrected chi connectivity index (χ3v) is 6.82. The van der Waals surface area contributed by atoms with Gasteiger partial charge in [-0.3, -0.25) is 14.5 Å². The van der Waals surface area contributed by atoms with Crippen LogP contribution in [-0.4, -0.2) is 59.9 Å². The minimum absolute atomic E-state index is 0.00704. The smallest absolute Gasteiger partial charge is 0.254 e. The van der Waals surface area contributed by atoms with Crippen molar-refractivity contribution in [1.82, 2.24) is 15.1 Å². The molecular formula is C23H33N3O2. The van der Waals surface area contributed by atoms with Crippen molar-refractivity contribution in [2.45, 2.75) is 70.4 Å². The summed E-state index contributed by atoms with van der Waals surface area (Å²) in [7, 11) is 0. The number of hydrogen-bond donors (Lipinski definition) is 1. The summed E-state index contributed by atoms with van der Waals surface area (Å²) in [5, 5.41) is 3.18. The predicted octanol–water partition coefficient (Wildman–Crippen LogP) is 3.23. The van der Waals surface area contributed by atoms with Crippen molar-refractivity contribution < 1.29 is 9.59 Å². The zero-order valence-corrected chi connectivity index (χ0v) is 17.1. The minimum Gasteiger partial charge on any atom is -0.349 e. The van der Waals surface area contributed by atoms with Crippen molar-refractivity contribution in [3.63, 3.8) is 0 Å². The summed E-state index contributed by atoms with van der Waals surface area (Å²) in [6.07, 6.45) is 9.22. The van der Waals surface area contributed by atoms with E-state index in [0.717, 1.165) is 56.6 Å². The quantitative estimate of drug-likeness (QED) is 0.849. The van der Waals surface area contributed by atoms with E-state index in [1.165, 1.54) is 32.1 Å². The zero-order chi connectivity index (χ0) is 19.5. The number of hydrogen-bond acceptors (Lipinski definition) is 3. The summed E-state index contributed by atoms with van der Waals surface area (Å²) in [5.74, 6) is 0.125. The molecule has 1 saturated heterocycles. The Morgan fingerprint density at radius 2 is 1.89 bits per heavy atom. The van der Waals surface area contributed by atoms with Crippen molar-refractivity contribution in [3.05, 3.63) is 34.9 Å². The molecule has 0 spiro atoms. The third kappa shape index (κ3) is 4.24. The normalized spacial score (nSPS) is 23.7. The van der Waals surface area contributed by atoms with E-state index in [9.17, 15) is 9.59 Å². The molecule has 152 valence electrons. The summed E-state index contributed by atoms with van der Waals surface area (Å²) in [4.78, 5) is 30.0. The maximum atomic E-state index is 12.9. The van der Waals surface area contributed by atoms with Gasteiger partial charge in [0, 0.05) is 42.8 Å². The summed E-state index contributed by atoms with van der Waals surface area (Å²) in [6.45, 7) is 5.94. The molecular weight excluding hydrogens is 350 g/mol. The lowest BCUT2D eigenvalue weighted by Gasteiger charge is -2.31. The Kier molecular flexibility index (Phi) is 6.00. The second kappa shape index (κ2) is 8.64. The van der Waals surface area contributed by atoms with Crippen molar-refractivity contribution in [1.29, 1.82) is 0 Å². The molecule has 2 fully saturated rings. The summed E-state index contributed by atoms with van der Waals surface area (Å²) in [6, 6.07) is 6.56. The molecule has 3 aliphatic rings. The van der Waals surface area contributed by atoms with Crippen molar-refractivity contribution in [2.75, 3.05) is 26.2 Å². The lowest BCUT2D eigenvalue weighted by atomic mass is 9.94. The summed E-state index contributed by atoms with van der Waals surface area (Å²) >= 11 is 0. The van der Waals surface area contributed by atoms with E-state index < -0.39 is 0 Å². The zero-order valence-electron chi connectivity index (χ0n) is 17.1. The molecule has 5 nitrogen and oxygen atoms in total. The van der Waals surface area contributed by atoms with E-state index in [4.69, 9.17) is 0 Å². The van der Waals surface area contributed by atoms with E-state index >= 15 is 0 Å².